The number of nitrogens with one attached hydrogen (secondary N) is 1. The van der Waals surface area contributed by atoms with Crippen LogP contribution in [-0.4, -0.2) is 10.9 Å². The van der Waals surface area contributed by atoms with Gasteiger partial charge in [-0.25, -0.2) is 4.98 Å². The first-order chi connectivity index (χ1) is 12.4. The van der Waals surface area contributed by atoms with Gasteiger partial charge in [0.25, 0.3) is 0 Å². The summed E-state index contributed by atoms with van der Waals surface area (Å²) in [5.41, 5.74) is 4.05. The van der Waals surface area contributed by atoms with E-state index < -0.39 is 0 Å². The molecule has 2 aliphatic carbocycles. The maximum absolute atomic E-state index is 12.9. The lowest BCUT2D eigenvalue weighted by Gasteiger charge is -2.29. The monoisotopic (exact) mass is 388 g/mol. The summed E-state index contributed by atoms with van der Waals surface area (Å²) in [7, 11) is 0. The van der Waals surface area contributed by atoms with Crippen LogP contribution in [0.4, 0.5) is 5.00 Å². The molecule has 1 N–H and O–H groups in total. The average Bonchev–Trinajstić information content (AvgIpc) is 3.17. The number of carbonyl (C=O) groups excluding carboxylic acids is 1. The third-order valence-corrected chi connectivity index (χ3v) is 7.95. The van der Waals surface area contributed by atoms with Crippen LogP contribution in [0.1, 0.15) is 68.5 Å². The fourth-order valence-electron chi connectivity index (χ4n) is 4.27. The van der Waals surface area contributed by atoms with Crippen molar-refractivity contribution in [3.63, 3.8) is 0 Å². The number of hydrogen-bond donors (Lipinski definition) is 1. The van der Waals surface area contributed by atoms with Gasteiger partial charge in [0.2, 0.25) is 5.91 Å². The second kappa shape index (κ2) is 7.08. The Morgan fingerprint density at radius 3 is 2.73 bits per heavy atom. The second-order valence-electron chi connectivity index (χ2n) is 8.67. The second-order valence-corrected chi connectivity index (χ2v) is 10.6. The zero-order valence-corrected chi connectivity index (χ0v) is 17.6. The van der Waals surface area contributed by atoms with Crippen LogP contribution in [0.25, 0.3) is 10.6 Å². The molecule has 5 heteroatoms. The van der Waals surface area contributed by atoms with E-state index in [4.69, 9.17) is 4.98 Å². The quantitative estimate of drug-likeness (QED) is 0.679. The topological polar surface area (TPSA) is 42.0 Å². The molecule has 1 amide bonds. The van der Waals surface area contributed by atoms with E-state index in [1.165, 1.54) is 41.7 Å². The zero-order chi connectivity index (χ0) is 18.3. The molecule has 2 heterocycles. The highest BCUT2D eigenvalue weighted by Gasteiger charge is 2.32. The number of thiophene rings is 1. The van der Waals surface area contributed by atoms with Gasteiger partial charge in [-0.1, -0.05) is 33.1 Å². The molecule has 3 nitrogen and oxygen atoms in total. The fourth-order valence-corrected chi connectivity index (χ4v) is 6.72. The van der Waals surface area contributed by atoms with E-state index >= 15 is 0 Å². The maximum Gasteiger partial charge on any atom is 0.228 e. The van der Waals surface area contributed by atoms with Gasteiger partial charge in [0, 0.05) is 27.4 Å². The molecule has 1 saturated carbocycles. The van der Waals surface area contributed by atoms with Gasteiger partial charge in [-0.15, -0.1) is 22.7 Å². The molecule has 0 aromatic carbocycles. The SMILES string of the molecule is Cc1csc(-c2c(NC(=O)C3CCCCC3)sc3c2CCC(C)(C)C3)n1. The van der Waals surface area contributed by atoms with Gasteiger partial charge in [0.1, 0.15) is 10.0 Å². The van der Waals surface area contributed by atoms with Crippen molar-refractivity contribution < 1.29 is 4.79 Å². The number of nitrogens with zero attached hydrogens (tertiary/aromatic N) is 1. The van der Waals surface area contributed by atoms with Crippen molar-refractivity contribution in [2.75, 3.05) is 5.32 Å². The van der Waals surface area contributed by atoms with E-state index in [2.05, 4.69) is 24.5 Å². The standard InChI is InChI=1S/C21H28N2OS2/c1-13-12-25-19(22-13)17-15-9-10-21(2,3)11-16(15)26-20(17)23-18(24)14-7-5-4-6-8-14/h12,14H,4-11H2,1-3H3,(H,23,24). The normalized spacial score (nSPS) is 20.0. The first-order valence-electron chi connectivity index (χ1n) is 9.81. The molecule has 0 saturated heterocycles. The summed E-state index contributed by atoms with van der Waals surface area (Å²) in [5.74, 6) is 0.405. The van der Waals surface area contributed by atoms with E-state index in [1.54, 1.807) is 22.7 Å². The molecule has 0 bridgehead atoms. The Hall–Kier alpha value is -1.20. The first-order valence-corrected chi connectivity index (χ1v) is 11.5. The van der Waals surface area contributed by atoms with Crippen LogP contribution < -0.4 is 5.32 Å². The highest BCUT2D eigenvalue weighted by Crippen LogP contribution is 2.48. The molecule has 2 aliphatic rings. The van der Waals surface area contributed by atoms with E-state index in [-0.39, 0.29) is 11.8 Å². The number of aryl methyl sites for hydroxylation is 1. The summed E-state index contributed by atoms with van der Waals surface area (Å²) in [4.78, 5) is 19.1. The smallest absolute Gasteiger partial charge is 0.228 e. The highest BCUT2D eigenvalue weighted by atomic mass is 32.1. The van der Waals surface area contributed by atoms with Crippen molar-refractivity contribution in [3.8, 4) is 10.6 Å². The summed E-state index contributed by atoms with van der Waals surface area (Å²) >= 11 is 3.50. The molecule has 0 unspecified atom stereocenters. The number of fused-ring (bicyclic) bond motifs is 1. The molecule has 0 atom stereocenters. The van der Waals surface area contributed by atoms with Crippen molar-refractivity contribution in [1.29, 1.82) is 0 Å². The summed E-state index contributed by atoms with van der Waals surface area (Å²) < 4.78 is 0. The number of aromatic nitrogens is 1. The predicted molar refractivity (Wildman–Crippen MR) is 111 cm³/mol. The Kier molecular flexibility index (Phi) is 4.95. The van der Waals surface area contributed by atoms with Gasteiger partial charge in [0.05, 0.1) is 0 Å². The Morgan fingerprint density at radius 1 is 1.27 bits per heavy atom. The predicted octanol–water partition coefficient (Wildman–Crippen LogP) is 6.21. The van der Waals surface area contributed by atoms with Gasteiger partial charge in [-0.3, -0.25) is 4.79 Å². The van der Waals surface area contributed by atoms with Crippen LogP contribution in [0.3, 0.4) is 0 Å². The lowest BCUT2D eigenvalue weighted by Crippen LogP contribution is -2.24. The molecule has 0 radical (unpaired) electrons. The van der Waals surface area contributed by atoms with E-state index in [1.807, 2.05) is 6.92 Å². The molecule has 2 aromatic rings. The molecule has 4 rings (SSSR count). The van der Waals surface area contributed by atoms with Crippen molar-refractivity contribution in [3.05, 3.63) is 21.5 Å². The van der Waals surface area contributed by atoms with Crippen LogP contribution >= 0.6 is 22.7 Å². The summed E-state index contributed by atoms with van der Waals surface area (Å²) in [6.45, 7) is 6.74. The minimum atomic E-state index is 0.185. The average molecular weight is 389 g/mol. The zero-order valence-electron chi connectivity index (χ0n) is 16.0. The molecular weight excluding hydrogens is 360 g/mol. The lowest BCUT2D eigenvalue weighted by molar-refractivity contribution is -0.120. The Morgan fingerprint density at radius 2 is 2.04 bits per heavy atom. The number of amides is 1. The van der Waals surface area contributed by atoms with Crippen molar-refractivity contribution in [1.82, 2.24) is 4.98 Å². The van der Waals surface area contributed by atoms with Gasteiger partial charge >= 0.3 is 0 Å². The third kappa shape index (κ3) is 3.61. The third-order valence-electron chi connectivity index (χ3n) is 5.83. The summed E-state index contributed by atoms with van der Waals surface area (Å²) in [6.07, 6.45) is 9.11. The van der Waals surface area contributed by atoms with Crippen LogP contribution in [0.15, 0.2) is 5.38 Å². The first kappa shape index (κ1) is 18.2. The van der Waals surface area contributed by atoms with Crippen molar-refractivity contribution >= 4 is 33.6 Å². The molecule has 1 fully saturated rings. The molecular formula is C21H28N2OS2. The maximum atomic E-state index is 12.9. The summed E-state index contributed by atoms with van der Waals surface area (Å²) in [5, 5.41) is 7.54. The van der Waals surface area contributed by atoms with E-state index in [0.717, 1.165) is 41.4 Å². The van der Waals surface area contributed by atoms with Crippen molar-refractivity contribution in [2.24, 2.45) is 11.3 Å². The lowest BCUT2D eigenvalue weighted by atomic mass is 9.77. The van der Waals surface area contributed by atoms with Crippen LogP contribution in [0.5, 0.6) is 0 Å². The summed E-state index contributed by atoms with van der Waals surface area (Å²) in [6, 6.07) is 0. The van der Waals surface area contributed by atoms with Crippen molar-refractivity contribution in [2.45, 2.75) is 72.1 Å². The Labute approximate surface area is 164 Å². The molecule has 0 aliphatic heterocycles. The minimum absolute atomic E-state index is 0.185. The Bertz CT molecular complexity index is 812. The molecule has 0 spiro atoms. The van der Waals surface area contributed by atoms with Gasteiger partial charge in [0.15, 0.2) is 0 Å². The Balaban J connectivity index is 1.69. The van der Waals surface area contributed by atoms with E-state index in [0.29, 0.717) is 5.41 Å². The largest absolute Gasteiger partial charge is 0.317 e. The van der Waals surface area contributed by atoms with Gasteiger partial charge in [-0.2, -0.15) is 0 Å². The van der Waals surface area contributed by atoms with Crippen LogP contribution in [-0.2, 0) is 17.6 Å². The highest BCUT2D eigenvalue weighted by molar-refractivity contribution is 7.18. The van der Waals surface area contributed by atoms with E-state index in [9.17, 15) is 4.79 Å². The molecule has 2 aromatic heterocycles. The van der Waals surface area contributed by atoms with Crippen LogP contribution in [0, 0.1) is 18.3 Å². The fraction of sp³-hybridized carbons (Fsp3) is 0.619. The van der Waals surface area contributed by atoms with Gasteiger partial charge in [-0.05, 0) is 50.0 Å². The minimum Gasteiger partial charge on any atom is -0.317 e. The number of hydrogen-bond acceptors (Lipinski definition) is 4. The number of carbonyl (C=O) groups is 1. The van der Waals surface area contributed by atoms with Gasteiger partial charge < -0.3 is 5.32 Å². The molecule has 26 heavy (non-hydrogen) atoms. The number of anilines is 1. The molecule has 140 valence electrons. The van der Waals surface area contributed by atoms with Crippen LogP contribution in [0.2, 0.25) is 0 Å². The number of thiazole rings is 1. The number of rotatable bonds is 3.